The first-order chi connectivity index (χ1) is 6.65. The molecule has 1 aliphatic heterocycles. The van der Waals surface area contributed by atoms with Crippen molar-refractivity contribution in [2.24, 2.45) is 5.41 Å². The quantitative estimate of drug-likeness (QED) is 0.668. The number of sulfone groups is 1. The Morgan fingerprint density at radius 2 is 2.00 bits per heavy atom. The zero-order valence-corrected chi connectivity index (χ0v) is 9.93. The fraction of sp³-hybridized carbons (Fsp3) is 0.889. The average molecular weight is 236 g/mol. The molecule has 0 aromatic heterocycles. The summed E-state index contributed by atoms with van der Waals surface area (Å²) in [5.41, 5.74) is -2.72. The van der Waals surface area contributed by atoms with Gasteiger partial charge in [0.05, 0.1) is 29.6 Å². The molecule has 1 fully saturated rings. The van der Waals surface area contributed by atoms with E-state index in [1.54, 1.807) is 0 Å². The summed E-state index contributed by atoms with van der Waals surface area (Å²) < 4.78 is 27.2. The van der Waals surface area contributed by atoms with Gasteiger partial charge in [-0.3, -0.25) is 4.79 Å². The summed E-state index contributed by atoms with van der Waals surface area (Å²) >= 11 is 0. The van der Waals surface area contributed by atoms with Crippen LogP contribution >= 0.6 is 0 Å². The second-order valence-corrected chi connectivity index (χ2v) is 6.67. The van der Waals surface area contributed by atoms with Crippen LogP contribution in [-0.4, -0.2) is 43.7 Å². The van der Waals surface area contributed by atoms with Gasteiger partial charge in [0.2, 0.25) is 0 Å². The molecule has 88 valence electrons. The highest BCUT2D eigenvalue weighted by Crippen LogP contribution is 2.40. The van der Waals surface area contributed by atoms with Crippen LogP contribution in [0.15, 0.2) is 0 Å². The van der Waals surface area contributed by atoms with Crippen LogP contribution < -0.4 is 0 Å². The summed E-state index contributed by atoms with van der Waals surface area (Å²) in [4.78, 5) is 11.5. The molecule has 0 radical (unpaired) electrons. The van der Waals surface area contributed by atoms with Crippen molar-refractivity contribution in [1.82, 2.24) is 0 Å². The van der Waals surface area contributed by atoms with Gasteiger partial charge in [-0.05, 0) is 20.3 Å². The van der Waals surface area contributed by atoms with Gasteiger partial charge in [0.1, 0.15) is 0 Å². The zero-order chi connectivity index (χ0) is 11.9. The number of carbonyl (C=O) groups is 1. The van der Waals surface area contributed by atoms with Crippen molar-refractivity contribution in [3.05, 3.63) is 0 Å². The van der Waals surface area contributed by atoms with Gasteiger partial charge >= 0.3 is 5.97 Å². The predicted octanol–water partition coefficient (Wildman–Crippen LogP) is -0.265. The van der Waals surface area contributed by atoms with Gasteiger partial charge < -0.3 is 9.84 Å². The number of ether oxygens (including phenoxy) is 1. The number of esters is 1. The van der Waals surface area contributed by atoms with Crippen molar-refractivity contribution in [2.75, 3.05) is 18.6 Å². The lowest BCUT2D eigenvalue weighted by Crippen LogP contribution is -2.51. The largest absolute Gasteiger partial charge is 0.469 e. The van der Waals surface area contributed by atoms with E-state index in [4.69, 9.17) is 0 Å². The fourth-order valence-corrected chi connectivity index (χ4v) is 3.80. The van der Waals surface area contributed by atoms with Gasteiger partial charge in [-0.15, -0.1) is 0 Å². The summed E-state index contributed by atoms with van der Waals surface area (Å²) in [6.07, 6.45) is 0.0808. The smallest absolute Gasteiger partial charge is 0.314 e. The summed E-state index contributed by atoms with van der Waals surface area (Å²) in [6.45, 7) is 3.00. The Bertz CT molecular complexity index is 370. The van der Waals surface area contributed by atoms with Gasteiger partial charge in [0.25, 0.3) is 0 Å². The molecule has 1 saturated heterocycles. The molecule has 0 saturated carbocycles. The molecule has 0 aromatic carbocycles. The second-order valence-electron chi connectivity index (χ2n) is 4.49. The molecule has 1 rings (SSSR count). The van der Waals surface area contributed by atoms with Crippen molar-refractivity contribution in [2.45, 2.75) is 25.9 Å². The molecule has 1 unspecified atom stereocenters. The number of aliphatic hydroxyl groups is 1. The fourth-order valence-electron chi connectivity index (χ4n) is 1.77. The lowest BCUT2D eigenvalue weighted by molar-refractivity contribution is -0.165. The number of carbonyl (C=O) groups excluding carboxylic acids is 1. The molecule has 0 bridgehead atoms. The average Bonchev–Trinajstić information content (AvgIpc) is 2.40. The molecule has 1 N–H and O–H groups in total. The Kier molecular flexibility index (Phi) is 2.86. The van der Waals surface area contributed by atoms with Crippen molar-refractivity contribution in [3.8, 4) is 0 Å². The first-order valence-corrected chi connectivity index (χ1v) is 6.48. The van der Waals surface area contributed by atoms with Crippen LogP contribution in [0, 0.1) is 5.41 Å². The summed E-state index contributed by atoms with van der Waals surface area (Å²) in [5.74, 6) is -1.05. The Morgan fingerprint density at radius 1 is 1.47 bits per heavy atom. The van der Waals surface area contributed by atoms with Crippen LogP contribution in [0.3, 0.4) is 0 Å². The minimum Gasteiger partial charge on any atom is -0.469 e. The molecule has 0 aliphatic carbocycles. The number of methoxy groups -OCH3 is 1. The zero-order valence-electron chi connectivity index (χ0n) is 9.11. The van der Waals surface area contributed by atoms with Crippen molar-refractivity contribution < 1.29 is 23.1 Å². The standard InChI is InChI=1S/C9H16O5S/c1-8(2,7(10)14-3)9(11)4-5-15(12,13)6-9/h11H,4-6H2,1-3H3. The van der Waals surface area contributed by atoms with E-state index in [0.717, 1.165) is 0 Å². The third-order valence-corrected chi connectivity index (χ3v) is 4.89. The van der Waals surface area contributed by atoms with Crippen LogP contribution in [0.4, 0.5) is 0 Å². The monoisotopic (exact) mass is 236 g/mol. The third-order valence-electron chi connectivity index (χ3n) is 3.14. The minimum atomic E-state index is -3.24. The maximum atomic E-state index is 11.5. The van der Waals surface area contributed by atoms with Crippen molar-refractivity contribution in [3.63, 3.8) is 0 Å². The molecule has 1 aliphatic rings. The highest BCUT2D eigenvalue weighted by atomic mass is 32.2. The topological polar surface area (TPSA) is 80.7 Å². The molecular weight excluding hydrogens is 220 g/mol. The van der Waals surface area contributed by atoms with E-state index in [1.165, 1.54) is 21.0 Å². The Balaban J connectivity index is 3.03. The Morgan fingerprint density at radius 3 is 2.33 bits per heavy atom. The van der Waals surface area contributed by atoms with Gasteiger partial charge in [-0.25, -0.2) is 8.42 Å². The van der Waals surface area contributed by atoms with Gasteiger partial charge in [0.15, 0.2) is 9.84 Å². The van der Waals surface area contributed by atoms with Gasteiger partial charge in [-0.1, -0.05) is 0 Å². The molecule has 15 heavy (non-hydrogen) atoms. The van der Waals surface area contributed by atoms with E-state index in [2.05, 4.69) is 4.74 Å². The molecule has 0 spiro atoms. The van der Waals surface area contributed by atoms with E-state index in [-0.39, 0.29) is 17.9 Å². The highest BCUT2D eigenvalue weighted by molar-refractivity contribution is 7.91. The second kappa shape index (κ2) is 3.45. The number of hydrogen-bond donors (Lipinski definition) is 1. The predicted molar refractivity (Wildman–Crippen MR) is 54.0 cm³/mol. The molecule has 6 heteroatoms. The maximum absolute atomic E-state index is 11.5. The summed E-state index contributed by atoms with van der Waals surface area (Å²) in [7, 11) is -2.02. The summed E-state index contributed by atoms with van der Waals surface area (Å²) in [5, 5.41) is 10.2. The van der Waals surface area contributed by atoms with Crippen LogP contribution in [0.2, 0.25) is 0 Å². The van der Waals surface area contributed by atoms with E-state index in [9.17, 15) is 18.3 Å². The summed E-state index contributed by atoms with van der Waals surface area (Å²) in [6, 6.07) is 0. The van der Waals surface area contributed by atoms with Crippen LogP contribution in [0.1, 0.15) is 20.3 Å². The maximum Gasteiger partial charge on any atom is 0.314 e. The van der Waals surface area contributed by atoms with Crippen LogP contribution in [-0.2, 0) is 19.4 Å². The van der Waals surface area contributed by atoms with E-state index >= 15 is 0 Å². The molecule has 5 nitrogen and oxygen atoms in total. The normalized spacial score (nSPS) is 30.1. The molecule has 1 atom stereocenters. The van der Waals surface area contributed by atoms with E-state index < -0.39 is 26.8 Å². The highest BCUT2D eigenvalue weighted by Gasteiger charge is 2.55. The Hall–Kier alpha value is -0.620. The first kappa shape index (κ1) is 12.4. The minimum absolute atomic E-state index is 0.0794. The van der Waals surface area contributed by atoms with Crippen LogP contribution in [0.5, 0.6) is 0 Å². The lowest BCUT2D eigenvalue weighted by Gasteiger charge is -2.36. The lowest BCUT2D eigenvalue weighted by atomic mass is 9.74. The number of rotatable bonds is 2. The third kappa shape index (κ3) is 2.01. The van der Waals surface area contributed by atoms with Crippen LogP contribution in [0.25, 0.3) is 0 Å². The van der Waals surface area contributed by atoms with E-state index in [1.807, 2.05) is 0 Å². The van der Waals surface area contributed by atoms with Crippen molar-refractivity contribution >= 4 is 15.8 Å². The van der Waals surface area contributed by atoms with E-state index in [0.29, 0.717) is 0 Å². The SMILES string of the molecule is COC(=O)C(C)(C)C1(O)CCS(=O)(=O)C1. The molecule has 0 amide bonds. The van der Waals surface area contributed by atoms with Gasteiger partial charge in [0, 0.05) is 0 Å². The van der Waals surface area contributed by atoms with Gasteiger partial charge in [-0.2, -0.15) is 0 Å². The molecular formula is C9H16O5S. The molecule has 1 heterocycles. The molecule has 0 aromatic rings. The Labute approximate surface area is 89.3 Å². The first-order valence-electron chi connectivity index (χ1n) is 4.66. The van der Waals surface area contributed by atoms with Crippen molar-refractivity contribution in [1.29, 1.82) is 0 Å². The number of hydrogen-bond acceptors (Lipinski definition) is 5.